The molecule has 8 nitrogen and oxygen atoms in total. The molecule has 0 spiro atoms. The van der Waals surface area contributed by atoms with Crippen molar-refractivity contribution in [2.75, 3.05) is 44.7 Å². The van der Waals surface area contributed by atoms with E-state index in [1.165, 1.54) is 0 Å². The normalized spacial score (nSPS) is 18.0. The van der Waals surface area contributed by atoms with Crippen molar-refractivity contribution in [3.8, 4) is 5.75 Å². The Morgan fingerprint density at radius 3 is 2.79 bits per heavy atom. The average molecular weight is 450 g/mol. The number of hydrogen-bond acceptors (Lipinski definition) is 7. The van der Waals surface area contributed by atoms with Crippen molar-refractivity contribution >= 4 is 22.6 Å². The monoisotopic (exact) mass is 449 g/mol. The van der Waals surface area contributed by atoms with Crippen LogP contribution in [0.5, 0.6) is 5.75 Å². The van der Waals surface area contributed by atoms with Gasteiger partial charge in [0, 0.05) is 37.6 Å². The van der Waals surface area contributed by atoms with Gasteiger partial charge in [0.05, 0.1) is 24.4 Å². The maximum Gasteiger partial charge on any atom is 0.253 e. The third kappa shape index (κ3) is 5.23. The second-order valence-corrected chi connectivity index (χ2v) is 8.72. The number of rotatable bonds is 8. The van der Waals surface area contributed by atoms with Crippen molar-refractivity contribution in [2.24, 2.45) is 5.73 Å². The van der Waals surface area contributed by atoms with Gasteiger partial charge >= 0.3 is 0 Å². The Morgan fingerprint density at radius 1 is 1.24 bits per heavy atom. The first-order valence-corrected chi connectivity index (χ1v) is 11.3. The summed E-state index contributed by atoms with van der Waals surface area (Å²) in [4.78, 5) is 25.7. The Hall–Kier alpha value is -3.23. The first kappa shape index (κ1) is 22.9. The molecule has 0 aliphatic carbocycles. The van der Waals surface area contributed by atoms with Crippen molar-refractivity contribution in [1.29, 1.82) is 0 Å². The highest BCUT2D eigenvalue weighted by Gasteiger charge is 2.38. The molecule has 0 saturated carbocycles. The van der Waals surface area contributed by atoms with E-state index in [4.69, 9.17) is 10.5 Å². The number of nitrogens with zero attached hydrogens (tertiary/aromatic N) is 4. The van der Waals surface area contributed by atoms with Crippen molar-refractivity contribution in [3.05, 3.63) is 59.9 Å². The fraction of sp³-hybridized carbons (Fsp3) is 0.400. The lowest BCUT2D eigenvalue weighted by Crippen LogP contribution is -2.45. The molecule has 1 aliphatic rings. The topological polar surface area (TPSA) is 105 Å². The largest absolute Gasteiger partial charge is 0.494 e. The van der Waals surface area contributed by atoms with Crippen LogP contribution in [0.3, 0.4) is 0 Å². The zero-order valence-electron chi connectivity index (χ0n) is 19.2. The number of aliphatic hydroxyl groups is 1. The van der Waals surface area contributed by atoms with E-state index in [0.29, 0.717) is 44.0 Å². The Kier molecular flexibility index (Phi) is 6.76. The number of nitrogens with two attached hydrogens (primary N) is 1. The molecule has 1 aromatic carbocycles. The number of fused-ring (bicyclic) bond motifs is 1. The molecule has 8 heteroatoms. The molecule has 4 rings (SSSR count). The maximum atomic E-state index is 12.9. The summed E-state index contributed by atoms with van der Waals surface area (Å²) in [6, 6.07) is 12.9. The highest BCUT2D eigenvalue weighted by atomic mass is 16.5. The van der Waals surface area contributed by atoms with Gasteiger partial charge in [0.2, 0.25) is 0 Å². The Bertz CT molecular complexity index is 1120. The summed E-state index contributed by atoms with van der Waals surface area (Å²) in [6.07, 6.45) is 3.11. The molecule has 1 atom stereocenters. The number of carbonyl (C=O) groups is 1. The molecule has 2 aromatic heterocycles. The first-order chi connectivity index (χ1) is 15.9. The fourth-order valence-corrected chi connectivity index (χ4v) is 4.26. The van der Waals surface area contributed by atoms with Crippen LogP contribution in [0, 0.1) is 6.92 Å². The molecule has 1 aliphatic heterocycles. The number of amides is 1. The minimum atomic E-state index is -1.00. The van der Waals surface area contributed by atoms with Crippen LogP contribution in [-0.2, 0) is 0 Å². The predicted octanol–water partition coefficient (Wildman–Crippen LogP) is 2.38. The summed E-state index contributed by atoms with van der Waals surface area (Å²) in [5, 5.41) is 11.3. The second-order valence-electron chi connectivity index (χ2n) is 8.72. The molecule has 3 heterocycles. The lowest BCUT2D eigenvalue weighted by atomic mass is 10.0. The summed E-state index contributed by atoms with van der Waals surface area (Å²) in [6.45, 7) is 4.43. The van der Waals surface area contributed by atoms with Crippen LogP contribution in [0.1, 0.15) is 28.9 Å². The number of hydrogen-bond donors (Lipinski definition) is 2. The number of β-amino-alcohol motifs (C(OH)–C–C–N with tert-alkyl or cyclic N) is 1. The van der Waals surface area contributed by atoms with E-state index in [2.05, 4.69) is 14.9 Å². The number of likely N-dealkylation sites (N-methyl/N-ethyl adjacent to an activating group) is 1. The van der Waals surface area contributed by atoms with Gasteiger partial charge in [-0.1, -0.05) is 0 Å². The molecule has 1 fully saturated rings. The number of ether oxygens (including phenoxy) is 1. The van der Waals surface area contributed by atoms with Crippen LogP contribution >= 0.6 is 0 Å². The van der Waals surface area contributed by atoms with E-state index in [0.717, 1.165) is 28.8 Å². The van der Waals surface area contributed by atoms with Crippen LogP contribution in [0.15, 0.2) is 48.7 Å². The van der Waals surface area contributed by atoms with Gasteiger partial charge in [-0.25, -0.2) is 4.98 Å². The van der Waals surface area contributed by atoms with E-state index in [1.54, 1.807) is 42.4 Å². The molecular formula is C25H31N5O3. The van der Waals surface area contributed by atoms with Gasteiger partial charge < -0.3 is 25.4 Å². The molecule has 1 amide bonds. The Balaban J connectivity index is 1.41. The summed E-state index contributed by atoms with van der Waals surface area (Å²) < 4.78 is 5.60. The van der Waals surface area contributed by atoms with Gasteiger partial charge in [0.15, 0.2) is 0 Å². The molecule has 0 unspecified atom stereocenters. The highest BCUT2D eigenvalue weighted by molar-refractivity contribution is 5.94. The number of carbonyl (C=O) groups excluding carboxylic acids is 1. The van der Waals surface area contributed by atoms with Gasteiger partial charge in [-0.3, -0.25) is 9.78 Å². The van der Waals surface area contributed by atoms with Crippen LogP contribution in [0.25, 0.3) is 11.0 Å². The fourth-order valence-electron chi connectivity index (χ4n) is 4.26. The SMILES string of the molecule is Cc1ccc2nccc(N3CC[C@@](O)(CN(C)C(=O)c4ccc(OCCCN)cc4)C3)c2n1. The van der Waals surface area contributed by atoms with E-state index >= 15 is 0 Å². The molecule has 1 saturated heterocycles. The smallest absolute Gasteiger partial charge is 0.253 e. The summed E-state index contributed by atoms with van der Waals surface area (Å²) in [7, 11) is 1.72. The number of aryl methyl sites for hydroxylation is 1. The average Bonchev–Trinajstić information content (AvgIpc) is 3.20. The van der Waals surface area contributed by atoms with Crippen molar-refractivity contribution in [2.45, 2.75) is 25.4 Å². The van der Waals surface area contributed by atoms with Crippen LogP contribution in [0.2, 0.25) is 0 Å². The van der Waals surface area contributed by atoms with Gasteiger partial charge in [-0.15, -0.1) is 0 Å². The van der Waals surface area contributed by atoms with Crippen LogP contribution in [0.4, 0.5) is 5.69 Å². The minimum Gasteiger partial charge on any atom is -0.494 e. The number of benzene rings is 1. The molecule has 0 radical (unpaired) electrons. The van der Waals surface area contributed by atoms with Gasteiger partial charge in [0.1, 0.15) is 16.9 Å². The second kappa shape index (κ2) is 9.72. The van der Waals surface area contributed by atoms with Gasteiger partial charge in [0.25, 0.3) is 5.91 Å². The summed E-state index contributed by atoms with van der Waals surface area (Å²) >= 11 is 0. The zero-order valence-corrected chi connectivity index (χ0v) is 19.2. The quantitative estimate of drug-likeness (QED) is 0.509. The van der Waals surface area contributed by atoms with Gasteiger partial charge in [-0.2, -0.15) is 0 Å². The maximum absolute atomic E-state index is 12.9. The van der Waals surface area contributed by atoms with E-state index in [1.807, 2.05) is 25.1 Å². The Morgan fingerprint density at radius 2 is 2.03 bits per heavy atom. The number of anilines is 1. The third-order valence-corrected chi connectivity index (χ3v) is 5.97. The number of pyridine rings is 2. The van der Waals surface area contributed by atoms with Crippen LogP contribution in [-0.4, -0.2) is 71.3 Å². The zero-order chi connectivity index (χ0) is 23.4. The van der Waals surface area contributed by atoms with Crippen molar-refractivity contribution in [3.63, 3.8) is 0 Å². The minimum absolute atomic E-state index is 0.137. The predicted molar refractivity (Wildman–Crippen MR) is 129 cm³/mol. The molecule has 3 N–H and O–H groups in total. The van der Waals surface area contributed by atoms with Crippen LogP contribution < -0.4 is 15.4 Å². The Labute approximate surface area is 194 Å². The van der Waals surface area contributed by atoms with E-state index in [-0.39, 0.29) is 12.5 Å². The standard InChI is InChI=1S/C25H31N5O3/c1-18-4-9-21-23(28-18)22(10-13-27-21)30-14-11-25(32,17-30)16-29(2)24(31)19-5-7-20(8-6-19)33-15-3-12-26/h4-10,13,32H,3,11-12,14-17,26H2,1-2H3/t25-/m1/s1. The number of aromatic nitrogens is 2. The van der Waals surface area contributed by atoms with E-state index in [9.17, 15) is 9.90 Å². The highest BCUT2D eigenvalue weighted by Crippen LogP contribution is 2.31. The summed E-state index contributed by atoms with van der Waals surface area (Å²) in [5.74, 6) is 0.572. The molecule has 3 aromatic rings. The first-order valence-electron chi connectivity index (χ1n) is 11.3. The molecular weight excluding hydrogens is 418 g/mol. The lowest BCUT2D eigenvalue weighted by molar-refractivity contribution is 0.0264. The van der Waals surface area contributed by atoms with Crippen molar-refractivity contribution in [1.82, 2.24) is 14.9 Å². The van der Waals surface area contributed by atoms with E-state index < -0.39 is 5.60 Å². The molecule has 174 valence electrons. The lowest BCUT2D eigenvalue weighted by Gasteiger charge is -2.29. The van der Waals surface area contributed by atoms with Crippen molar-refractivity contribution < 1.29 is 14.6 Å². The molecule has 33 heavy (non-hydrogen) atoms. The summed E-state index contributed by atoms with van der Waals surface area (Å²) in [5.41, 5.74) is 8.58. The molecule has 0 bridgehead atoms. The van der Waals surface area contributed by atoms with Gasteiger partial charge in [-0.05, 0) is 68.8 Å². The third-order valence-electron chi connectivity index (χ3n) is 5.97.